The van der Waals surface area contributed by atoms with Crippen molar-refractivity contribution in [3.63, 3.8) is 0 Å². The molecule has 2 heterocycles. The first-order valence-electron chi connectivity index (χ1n) is 7.00. The summed E-state index contributed by atoms with van der Waals surface area (Å²) in [6, 6.07) is 14.1. The van der Waals surface area contributed by atoms with E-state index in [-0.39, 0.29) is 4.90 Å². The third kappa shape index (κ3) is 3.15. The van der Waals surface area contributed by atoms with Gasteiger partial charge >= 0.3 is 0 Å². The highest BCUT2D eigenvalue weighted by Gasteiger charge is 2.12. The Labute approximate surface area is 128 Å². The summed E-state index contributed by atoms with van der Waals surface area (Å²) in [5.41, 5.74) is 0.794. The molecule has 0 spiro atoms. The smallest absolute Gasteiger partial charge is 0.240 e. The van der Waals surface area contributed by atoms with E-state index in [1.807, 2.05) is 28.8 Å². The van der Waals surface area contributed by atoms with Gasteiger partial charge in [-0.05, 0) is 30.7 Å². The van der Waals surface area contributed by atoms with Gasteiger partial charge in [0.25, 0.3) is 0 Å². The molecule has 3 aromatic rings. The average Bonchev–Trinajstić information content (AvgIpc) is 2.96. The van der Waals surface area contributed by atoms with E-state index < -0.39 is 10.0 Å². The second-order valence-electron chi connectivity index (χ2n) is 4.86. The fraction of sp³-hybridized carbons (Fsp3) is 0.200. The summed E-state index contributed by atoms with van der Waals surface area (Å²) in [5.74, 6) is 0.828. The Morgan fingerprint density at radius 2 is 1.77 bits per heavy atom. The monoisotopic (exact) mass is 316 g/mol. The molecule has 0 radical (unpaired) electrons. The lowest BCUT2D eigenvalue weighted by atomic mass is 10.3. The van der Waals surface area contributed by atoms with E-state index in [1.165, 1.54) is 0 Å². The molecule has 0 amide bonds. The van der Waals surface area contributed by atoms with Crippen molar-refractivity contribution in [2.75, 3.05) is 6.54 Å². The summed E-state index contributed by atoms with van der Waals surface area (Å²) in [6.45, 7) is 0.360. The first-order chi connectivity index (χ1) is 10.7. The van der Waals surface area contributed by atoms with Crippen LogP contribution in [0.4, 0.5) is 0 Å². The largest absolute Gasteiger partial charge is 0.286 e. The van der Waals surface area contributed by atoms with Crippen LogP contribution in [0.2, 0.25) is 0 Å². The molecular weight excluding hydrogens is 300 g/mol. The highest BCUT2D eigenvalue weighted by atomic mass is 32.2. The van der Waals surface area contributed by atoms with Gasteiger partial charge in [0.2, 0.25) is 10.0 Å². The summed E-state index contributed by atoms with van der Waals surface area (Å²) in [5, 5.41) is 8.19. The summed E-state index contributed by atoms with van der Waals surface area (Å²) >= 11 is 0. The van der Waals surface area contributed by atoms with E-state index in [0.717, 1.165) is 11.5 Å². The minimum Gasteiger partial charge on any atom is -0.286 e. The summed E-state index contributed by atoms with van der Waals surface area (Å²) < 4.78 is 28.6. The second-order valence-corrected chi connectivity index (χ2v) is 6.63. The highest BCUT2D eigenvalue weighted by Crippen LogP contribution is 2.08. The van der Waals surface area contributed by atoms with E-state index in [0.29, 0.717) is 19.4 Å². The van der Waals surface area contributed by atoms with Gasteiger partial charge in [-0.25, -0.2) is 13.1 Å². The van der Waals surface area contributed by atoms with Gasteiger partial charge < -0.3 is 0 Å². The fourth-order valence-electron chi connectivity index (χ4n) is 2.20. The van der Waals surface area contributed by atoms with Crippen molar-refractivity contribution in [3.8, 4) is 0 Å². The Kier molecular flexibility index (Phi) is 4.17. The molecule has 3 rings (SSSR count). The van der Waals surface area contributed by atoms with Crippen LogP contribution in [-0.2, 0) is 16.4 Å². The lowest BCUT2D eigenvalue weighted by Gasteiger charge is -2.06. The lowest BCUT2D eigenvalue weighted by Crippen LogP contribution is -2.25. The predicted octanol–water partition coefficient (Wildman–Crippen LogP) is 1.64. The lowest BCUT2D eigenvalue weighted by molar-refractivity contribution is 0.578. The number of nitrogens with one attached hydrogen (secondary N) is 1. The fourth-order valence-corrected chi connectivity index (χ4v) is 3.29. The number of hydrogen-bond acceptors (Lipinski definition) is 4. The van der Waals surface area contributed by atoms with Gasteiger partial charge in [0.05, 0.1) is 4.90 Å². The second kappa shape index (κ2) is 6.25. The van der Waals surface area contributed by atoms with E-state index in [9.17, 15) is 8.42 Å². The molecule has 0 bridgehead atoms. The molecule has 1 aromatic carbocycles. The number of hydrogen-bond donors (Lipinski definition) is 1. The van der Waals surface area contributed by atoms with Gasteiger partial charge in [-0.2, -0.15) is 0 Å². The van der Waals surface area contributed by atoms with Crippen LogP contribution in [0.5, 0.6) is 0 Å². The molecule has 114 valence electrons. The zero-order valence-electron chi connectivity index (χ0n) is 11.9. The molecule has 0 aliphatic carbocycles. The van der Waals surface area contributed by atoms with Crippen LogP contribution in [0.25, 0.3) is 5.65 Å². The first kappa shape index (κ1) is 14.7. The first-order valence-corrected chi connectivity index (χ1v) is 8.48. The van der Waals surface area contributed by atoms with Crippen molar-refractivity contribution in [2.45, 2.75) is 17.7 Å². The van der Waals surface area contributed by atoms with Crippen molar-refractivity contribution in [1.29, 1.82) is 0 Å². The van der Waals surface area contributed by atoms with Crippen LogP contribution in [0.3, 0.4) is 0 Å². The van der Waals surface area contributed by atoms with Crippen LogP contribution in [-0.4, -0.2) is 29.6 Å². The number of aromatic nitrogens is 3. The molecule has 0 aliphatic rings. The Morgan fingerprint density at radius 3 is 2.59 bits per heavy atom. The number of pyridine rings is 1. The Balaban J connectivity index is 1.58. The minimum absolute atomic E-state index is 0.280. The number of nitrogens with zero attached hydrogens (tertiary/aromatic N) is 3. The number of fused-ring (bicyclic) bond motifs is 1. The summed E-state index contributed by atoms with van der Waals surface area (Å²) in [7, 11) is -3.44. The van der Waals surface area contributed by atoms with Crippen LogP contribution in [0, 0.1) is 0 Å². The Hall–Kier alpha value is -2.25. The Bertz CT molecular complexity index is 859. The molecule has 0 unspecified atom stereocenters. The highest BCUT2D eigenvalue weighted by molar-refractivity contribution is 7.89. The van der Waals surface area contributed by atoms with Crippen molar-refractivity contribution in [1.82, 2.24) is 19.3 Å². The Morgan fingerprint density at radius 1 is 1.00 bits per heavy atom. The normalized spacial score (nSPS) is 11.8. The van der Waals surface area contributed by atoms with Crippen LogP contribution >= 0.6 is 0 Å². The van der Waals surface area contributed by atoms with Crippen molar-refractivity contribution < 1.29 is 8.42 Å². The molecular formula is C15H16N4O2S. The van der Waals surface area contributed by atoms with E-state index in [2.05, 4.69) is 14.9 Å². The average molecular weight is 316 g/mol. The standard InChI is InChI=1S/C15H16N4O2S/c20-22(21,13-7-2-1-3-8-13)16-11-6-10-15-18-17-14-9-4-5-12-19(14)15/h1-5,7-9,12,16H,6,10-11H2. The van der Waals surface area contributed by atoms with Gasteiger partial charge in [0.1, 0.15) is 5.82 Å². The summed E-state index contributed by atoms with van der Waals surface area (Å²) in [4.78, 5) is 0.280. The third-order valence-electron chi connectivity index (χ3n) is 3.31. The molecule has 1 N–H and O–H groups in total. The topological polar surface area (TPSA) is 76.4 Å². The van der Waals surface area contributed by atoms with E-state index in [1.54, 1.807) is 30.3 Å². The maximum absolute atomic E-state index is 12.1. The SMILES string of the molecule is O=S(=O)(NCCCc1nnc2ccccn12)c1ccccc1. The molecule has 22 heavy (non-hydrogen) atoms. The zero-order chi connectivity index (χ0) is 15.4. The number of aryl methyl sites for hydroxylation is 1. The quantitative estimate of drug-likeness (QED) is 0.701. The van der Waals surface area contributed by atoms with Crippen molar-refractivity contribution >= 4 is 15.7 Å². The molecule has 0 atom stereocenters. The number of benzene rings is 1. The van der Waals surface area contributed by atoms with E-state index >= 15 is 0 Å². The van der Waals surface area contributed by atoms with Gasteiger partial charge in [-0.3, -0.25) is 4.40 Å². The third-order valence-corrected chi connectivity index (χ3v) is 4.78. The van der Waals surface area contributed by atoms with Crippen molar-refractivity contribution in [2.24, 2.45) is 0 Å². The molecule has 6 nitrogen and oxygen atoms in total. The van der Waals surface area contributed by atoms with Crippen LogP contribution in [0.1, 0.15) is 12.2 Å². The molecule has 0 saturated carbocycles. The maximum atomic E-state index is 12.1. The predicted molar refractivity (Wildman–Crippen MR) is 82.9 cm³/mol. The van der Waals surface area contributed by atoms with Gasteiger partial charge in [-0.1, -0.05) is 24.3 Å². The van der Waals surface area contributed by atoms with Crippen LogP contribution < -0.4 is 4.72 Å². The van der Waals surface area contributed by atoms with Crippen LogP contribution in [0.15, 0.2) is 59.6 Å². The molecule has 0 fully saturated rings. The summed E-state index contributed by atoms with van der Waals surface area (Å²) in [6.07, 6.45) is 3.21. The minimum atomic E-state index is -3.44. The number of rotatable bonds is 6. The zero-order valence-corrected chi connectivity index (χ0v) is 12.7. The maximum Gasteiger partial charge on any atom is 0.240 e. The van der Waals surface area contributed by atoms with Gasteiger partial charge in [0.15, 0.2) is 5.65 Å². The molecule has 7 heteroatoms. The molecule has 0 saturated heterocycles. The molecule has 0 aliphatic heterocycles. The van der Waals surface area contributed by atoms with Crippen molar-refractivity contribution in [3.05, 3.63) is 60.6 Å². The van der Waals surface area contributed by atoms with Gasteiger partial charge in [0, 0.05) is 19.2 Å². The van der Waals surface area contributed by atoms with Gasteiger partial charge in [-0.15, -0.1) is 10.2 Å². The molecule has 2 aromatic heterocycles. The number of sulfonamides is 1. The van der Waals surface area contributed by atoms with E-state index in [4.69, 9.17) is 0 Å².